The number of nitrogens with zero attached hydrogens (tertiary/aromatic N) is 1. The number of benzene rings is 4. The van der Waals surface area contributed by atoms with Crippen molar-refractivity contribution in [1.29, 1.82) is 0 Å². The number of hydrogen-bond acceptors (Lipinski definition) is 6. The first kappa shape index (κ1) is 25.1. The van der Waals surface area contributed by atoms with Crippen LogP contribution in [-0.4, -0.2) is 36.4 Å². The fourth-order valence-electron chi connectivity index (χ4n) is 7.13. The number of fused-ring (bicyclic) bond motifs is 7. The number of nitrogens with one attached hydrogen (secondary N) is 1. The summed E-state index contributed by atoms with van der Waals surface area (Å²) in [6, 6.07) is 25.8. The lowest BCUT2D eigenvalue weighted by atomic mass is 9.64. The smallest absolute Gasteiger partial charge is 0.238 e. The number of Topliss-reactive ketones (excluding diaryl/α,β-unsaturated/α-hetero) is 2. The van der Waals surface area contributed by atoms with Crippen molar-refractivity contribution in [3.8, 4) is 11.5 Å². The number of amides is 1. The molecule has 4 aliphatic heterocycles. The highest BCUT2D eigenvalue weighted by atomic mass is 79.9. The number of anilines is 2. The SMILES string of the molecule is O=C(c1ccc2c(c1)OCO2)C1C(C(=O)c2ccc(Br)cc2)C2(C(=O)Nc3ccccc32)C2C=Cc3ccccc3N12. The van der Waals surface area contributed by atoms with Crippen LogP contribution in [0.15, 0.2) is 102 Å². The van der Waals surface area contributed by atoms with E-state index < -0.39 is 23.4 Å². The van der Waals surface area contributed by atoms with Crippen molar-refractivity contribution in [3.63, 3.8) is 0 Å². The number of carbonyl (C=O) groups is 3. The summed E-state index contributed by atoms with van der Waals surface area (Å²) >= 11 is 3.46. The zero-order valence-corrected chi connectivity index (χ0v) is 23.7. The maximum absolute atomic E-state index is 14.8. The summed E-state index contributed by atoms with van der Waals surface area (Å²) in [6.45, 7) is 0.0769. The highest BCUT2D eigenvalue weighted by Gasteiger charge is 2.70. The van der Waals surface area contributed by atoms with Gasteiger partial charge in [-0.05, 0) is 53.6 Å². The Morgan fingerprint density at radius 1 is 0.857 bits per heavy atom. The molecule has 206 valence electrons. The molecule has 1 amide bonds. The van der Waals surface area contributed by atoms with Gasteiger partial charge in [-0.15, -0.1) is 0 Å². The van der Waals surface area contributed by atoms with Gasteiger partial charge in [-0.25, -0.2) is 0 Å². The van der Waals surface area contributed by atoms with E-state index in [0.29, 0.717) is 33.9 Å². The molecule has 0 saturated carbocycles. The van der Waals surface area contributed by atoms with Gasteiger partial charge in [0.05, 0.1) is 12.0 Å². The van der Waals surface area contributed by atoms with Crippen LogP contribution in [0.1, 0.15) is 31.8 Å². The molecule has 0 radical (unpaired) electrons. The van der Waals surface area contributed by atoms with Crippen LogP contribution in [0.4, 0.5) is 11.4 Å². The lowest BCUT2D eigenvalue weighted by Gasteiger charge is -2.37. The average molecular weight is 619 g/mol. The molecule has 1 fully saturated rings. The zero-order valence-electron chi connectivity index (χ0n) is 22.1. The molecule has 1 N–H and O–H groups in total. The van der Waals surface area contributed by atoms with Gasteiger partial charge in [0, 0.05) is 27.0 Å². The third kappa shape index (κ3) is 3.35. The van der Waals surface area contributed by atoms with E-state index in [4.69, 9.17) is 9.47 Å². The molecule has 8 rings (SSSR count). The lowest BCUT2D eigenvalue weighted by Crippen LogP contribution is -2.51. The van der Waals surface area contributed by atoms with E-state index in [9.17, 15) is 14.4 Å². The molecule has 7 nitrogen and oxygen atoms in total. The number of para-hydroxylation sites is 2. The molecule has 4 unspecified atom stereocenters. The van der Waals surface area contributed by atoms with Gasteiger partial charge in [0.15, 0.2) is 23.1 Å². The number of ketones is 2. The average Bonchev–Trinajstić information content (AvgIpc) is 3.70. The molecule has 4 atom stereocenters. The molecule has 1 spiro atoms. The van der Waals surface area contributed by atoms with E-state index in [1.165, 1.54) is 0 Å². The van der Waals surface area contributed by atoms with Gasteiger partial charge in [0.1, 0.15) is 11.5 Å². The zero-order chi connectivity index (χ0) is 28.6. The van der Waals surface area contributed by atoms with Crippen molar-refractivity contribution < 1.29 is 23.9 Å². The molecule has 42 heavy (non-hydrogen) atoms. The predicted molar refractivity (Wildman–Crippen MR) is 161 cm³/mol. The van der Waals surface area contributed by atoms with Crippen molar-refractivity contribution in [2.75, 3.05) is 17.0 Å². The predicted octanol–water partition coefficient (Wildman–Crippen LogP) is 6.03. The minimum absolute atomic E-state index is 0.0769. The quantitative estimate of drug-likeness (QED) is 0.281. The van der Waals surface area contributed by atoms with Crippen LogP contribution in [0.5, 0.6) is 11.5 Å². The van der Waals surface area contributed by atoms with Gasteiger partial charge in [-0.1, -0.05) is 76.6 Å². The third-order valence-corrected chi connectivity index (χ3v) is 9.41. The number of halogens is 1. The van der Waals surface area contributed by atoms with E-state index >= 15 is 0 Å². The second-order valence-corrected chi connectivity index (χ2v) is 11.8. The van der Waals surface area contributed by atoms with Crippen molar-refractivity contribution in [1.82, 2.24) is 0 Å². The number of hydrogen-bond donors (Lipinski definition) is 1. The van der Waals surface area contributed by atoms with Crippen LogP contribution in [0, 0.1) is 5.92 Å². The van der Waals surface area contributed by atoms with Crippen molar-refractivity contribution in [2.24, 2.45) is 5.92 Å². The summed E-state index contributed by atoms with van der Waals surface area (Å²) in [7, 11) is 0. The van der Waals surface area contributed by atoms with E-state index in [1.807, 2.05) is 65.6 Å². The Morgan fingerprint density at radius 3 is 2.45 bits per heavy atom. The largest absolute Gasteiger partial charge is 0.454 e. The Balaban J connectivity index is 1.41. The Hall–Kier alpha value is -4.69. The summed E-state index contributed by atoms with van der Waals surface area (Å²) in [5.74, 6) is -0.837. The van der Waals surface area contributed by atoms with Crippen LogP contribution < -0.4 is 19.7 Å². The molecule has 0 bridgehead atoms. The minimum Gasteiger partial charge on any atom is -0.454 e. The van der Waals surface area contributed by atoms with Crippen molar-refractivity contribution in [2.45, 2.75) is 17.5 Å². The first-order valence-corrected chi connectivity index (χ1v) is 14.5. The summed E-state index contributed by atoms with van der Waals surface area (Å²) < 4.78 is 11.9. The number of carbonyl (C=O) groups excluding carboxylic acids is 3. The van der Waals surface area contributed by atoms with Crippen LogP contribution in [0.3, 0.4) is 0 Å². The highest BCUT2D eigenvalue weighted by Crippen LogP contribution is 2.58. The topological polar surface area (TPSA) is 84.9 Å². The molecular weight excluding hydrogens is 596 g/mol. The maximum Gasteiger partial charge on any atom is 0.238 e. The van der Waals surface area contributed by atoms with Gasteiger partial charge in [-0.2, -0.15) is 0 Å². The molecule has 0 aromatic heterocycles. The molecular formula is C34H23BrN2O5. The highest BCUT2D eigenvalue weighted by molar-refractivity contribution is 9.10. The Kier molecular flexibility index (Phi) is 5.46. The second-order valence-electron chi connectivity index (χ2n) is 10.9. The first-order valence-electron chi connectivity index (χ1n) is 13.7. The van der Waals surface area contributed by atoms with Gasteiger partial charge in [0.2, 0.25) is 12.7 Å². The number of ether oxygens (including phenoxy) is 2. The van der Waals surface area contributed by atoms with E-state index in [-0.39, 0.29) is 24.3 Å². The number of rotatable bonds is 4. The fourth-order valence-corrected chi connectivity index (χ4v) is 7.40. The molecule has 1 saturated heterocycles. The molecule has 4 heterocycles. The third-order valence-electron chi connectivity index (χ3n) is 8.88. The normalized spacial score (nSPS) is 24.3. The van der Waals surface area contributed by atoms with E-state index in [2.05, 4.69) is 21.2 Å². The standard InChI is InChI=1S/C34H23BrN2O5/c35-22-13-9-20(10-14-22)31(38)29-30(32(39)21-11-15-26-27(17-21)42-18-41-26)37-25-8-4-1-5-19(25)12-16-28(37)34(29)23-6-2-3-7-24(23)36-33(34)40/h1-17,28-30H,18H2,(H,36,40). The van der Waals surface area contributed by atoms with E-state index in [0.717, 1.165) is 15.7 Å². The van der Waals surface area contributed by atoms with Gasteiger partial charge in [0.25, 0.3) is 0 Å². The van der Waals surface area contributed by atoms with Crippen LogP contribution in [0.2, 0.25) is 0 Å². The fraction of sp³-hybridized carbons (Fsp3) is 0.147. The van der Waals surface area contributed by atoms with Gasteiger partial charge >= 0.3 is 0 Å². The molecule has 4 aliphatic rings. The van der Waals surface area contributed by atoms with Gasteiger partial charge in [-0.3, -0.25) is 14.4 Å². The first-order chi connectivity index (χ1) is 20.5. The summed E-state index contributed by atoms with van der Waals surface area (Å²) in [5, 5.41) is 3.06. The van der Waals surface area contributed by atoms with Crippen LogP contribution in [-0.2, 0) is 10.2 Å². The summed E-state index contributed by atoms with van der Waals surface area (Å²) in [4.78, 5) is 46.0. The molecule has 4 aromatic rings. The van der Waals surface area contributed by atoms with Crippen LogP contribution >= 0.6 is 15.9 Å². The Labute approximate surface area is 249 Å². The lowest BCUT2D eigenvalue weighted by molar-refractivity contribution is -0.121. The molecule has 0 aliphatic carbocycles. The van der Waals surface area contributed by atoms with Crippen molar-refractivity contribution in [3.05, 3.63) is 124 Å². The van der Waals surface area contributed by atoms with Gasteiger partial charge < -0.3 is 19.7 Å². The Morgan fingerprint density at radius 2 is 1.60 bits per heavy atom. The molecule has 8 heteroatoms. The second kappa shape index (κ2) is 9.16. The van der Waals surface area contributed by atoms with Crippen LogP contribution in [0.25, 0.3) is 6.08 Å². The Bertz CT molecular complexity index is 1850. The molecule has 4 aromatic carbocycles. The van der Waals surface area contributed by atoms with Crippen molar-refractivity contribution >= 4 is 50.9 Å². The summed E-state index contributed by atoms with van der Waals surface area (Å²) in [6.07, 6.45) is 3.96. The maximum atomic E-state index is 14.8. The monoisotopic (exact) mass is 618 g/mol. The minimum atomic E-state index is -1.36. The summed E-state index contributed by atoms with van der Waals surface area (Å²) in [5.41, 5.74) is 2.53. The van der Waals surface area contributed by atoms with E-state index in [1.54, 1.807) is 42.5 Å².